The van der Waals surface area contributed by atoms with Gasteiger partial charge in [0, 0.05) is 0 Å². The monoisotopic (exact) mass is 270 g/mol. The van der Waals surface area contributed by atoms with Gasteiger partial charge in [0.15, 0.2) is 11.6 Å². The van der Waals surface area contributed by atoms with Gasteiger partial charge >= 0.3 is 4.83 Å². The summed E-state index contributed by atoms with van der Waals surface area (Å²) in [5.41, 5.74) is -0.980. The van der Waals surface area contributed by atoms with Crippen LogP contribution in [-0.2, 0) is 0 Å². The lowest BCUT2D eigenvalue weighted by Gasteiger charge is -2.07. The van der Waals surface area contributed by atoms with Crippen LogP contribution in [0.5, 0.6) is 0 Å². The van der Waals surface area contributed by atoms with Crippen molar-refractivity contribution >= 4 is 21.7 Å². The minimum atomic E-state index is -3.89. The smallest absolute Gasteiger partial charge is 0.286 e. The highest BCUT2D eigenvalue weighted by atomic mass is 79.9. The fourth-order valence-electron chi connectivity index (χ4n) is 0.832. The summed E-state index contributed by atoms with van der Waals surface area (Å²) < 4.78 is 50.2. The summed E-state index contributed by atoms with van der Waals surface area (Å²) in [5, 5.41) is 0. The summed E-state index contributed by atoms with van der Waals surface area (Å²) in [6, 6.07) is 2.50. The Morgan fingerprint density at radius 3 is 2.36 bits per heavy atom. The van der Waals surface area contributed by atoms with Gasteiger partial charge in [-0.1, -0.05) is 6.07 Å². The summed E-state index contributed by atoms with van der Waals surface area (Å²) >= 11 is 1.77. The third-order valence-corrected chi connectivity index (χ3v) is 1.81. The van der Waals surface area contributed by atoms with E-state index in [1.807, 2.05) is 0 Å². The number of benzene rings is 1. The molecule has 76 valence electrons. The van der Waals surface area contributed by atoms with Gasteiger partial charge in [0.05, 0.1) is 5.56 Å². The van der Waals surface area contributed by atoms with Gasteiger partial charge in [-0.25, -0.2) is 8.78 Å². The van der Waals surface area contributed by atoms with Crippen LogP contribution in [0.3, 0.4) is 0 Å². The van der Waals surface area contributed by atoms with Crippen molar-refractivity contribution in [2.45, 2.75) is 4.83 Å². The molecule has 0 fully saturated rings. The molecule has 0 bridgehead atoms. The molecule has 1 aromatic rings. The molecule has 0 atom stereocenters. The van der Waals surface area contributed by atoms with E-state index in [1.54, 1.807) is 15.9 Å². The fraction of sp³-hybridized carbons (Fsp3) is 0.125. The van der Waals surface area contributed by atoms with E-state index in [-0.39, 0.29) is 0 Å². The van der Waals surface area contributed by atoms with Crippen LogP contribution in [0.15, 0.2) is 18.2 Å². The van der Waals surface area contributed by atoms with Gasteiger partial charge in [0.2, 0.25) is 5.78 Å². The number of carbonyl (C=O) groups is 1. The Morgan fingerprint density at radius 1 is 1.29 bits per heavy atom. The van der Waals surface area contributed by atoms with Gasteiger partial charge in [-0.05, 0) is 28.1 Å². The molecule has 0 radical (unpaired) electrons. The maximum Gasteiger partial charge on any atom is 0.363 e. The zero-order valence-corrected chi connectivity index (χ0v) is 8.12. The standard InChI is InChI=1S/C8H3BrF4O/c9-8(12,13)7(14)4-2-1-3-5(10)6(4)11/h1-3H. The van der Waals surface area contributed by atoms with Crippen LogP contribution >= 0.6 is 15.9 Å². The van der Waals surface area contributed by atoms with Crippen molar-refractivity contribution < 1.29 is 22.4 Å². The lowest BCUT2D eigenvalue weighted by molar-refractivity contribution is 0.0587. The van der Waals surface area contributed by atoms with Crippen molar-refractivity contribution in [3.8, 4) is 0 Å². The number of alkyl halides is 3. The number of hydrogen-bond acceptors (Lipinski definition) is 1. The van der Waals surface area contributed by atoms with Crippen LogP contribution in [0, 0.1) is 11.6 Å². The molecule has 1 rings (SSSR count). The van der Waals surface area contributed by atoms with E-state index in [0.29, 0.717) is 0 Å². The van der Waals surface area contributed by atoms with Gasteiger partial charge < -0.3 is 0 Å². The summed E-state index contributed by atoms with van der Waals surface area (Å²) in [4.78, 5) is 6.95. The number of ketones is 1. The largest absolute Gasteiger partial charge is 0.363 e. The maximum atomic E-state index is 12.8. The van der Waals surface area contributed by atoms with Gasteiger partial charge in [-0.2, -0.15) is 8.78 Å². The van der Waals surface area contributed by atoms with Crippen LogP contribution in [0.1, 0.15) is 10.4 Å². The molecule has 0 aliphatic heterocycles. The third kappa shape index (κ3) is 2.12. The maximum absolute atomic E-state index is 12.8. The molecule has 0 N–H and O–H groups in total. The molecule has 0 aromatic heterocycles. The van der Waals surface area contributed by atoms with Crippen LogP contribution in [-0.4, -0.2) is 10.6 Å². The topological polar surface area (TPSA) is 17.1 Å². The van der Waals surface area contributed by atoms with E-state index in [4.69, 9.17) is 0 Å². The van der Waals surface area contributed by atoms with Crippen molar-refractivity contribution in [1.82, 2.24) is 0 Å². The number of carbonyl (C=O) groups excluding carboxylic acids is 1. The highest BCUT2D eigenvalue weighted by molar-refractivity contribution is 9.10. The number of Topliss-reactive ketones (excluding diaryl/α,β-unsaturated/α-hetero) is 1. The molecule has 0 aliphatic carbocycles. The first-order chi connectivity index (χ1) is 6.34. The SMILES string of the molecule is O=C(c1cccc(F)c1F)C(F)(F)Br. The Balaban J connectivity index is 3.21. The summed E-state index contributed by atoms with van der Waals surface area (Å²) in [6.45, 7) is 0. The van der Waals surface area contributed by atoms with Crippen LogP contribution in [0.2, 0.25) is 0 Å². The van der Waals surface area contributed by atoms with Gasteiger partial charge in [0.25, 0.3) is 0 Å². The molecular formula is C8H3BrF4O. The van der Waals surface area contributed by atoms with Crippen LogP contribution < -0.4 is 0 Å². The van der Waals surface area contributed by atoms with Gasteiger partial charge in [-0.3, -0.25) is 4.79 Å². The minimum Gasteiger partial charge on any atom is -0.286 e. The summed E-state index contributed by atoms with van der Waals surface area (Å²) in [5.74, 6) is -4.72. The minimum absolute atomic E-state index is 0.735. The number of halogens is 5. The normalized spacial score (nSPS) is 11.5. The summed E-state index contributed by atoms with van der Waals surface area (Å²) in [7, 11) is 0. The highest BCUT2D eigenvalue weighted by Crippen LogP contribution is 2.28. The van der Waals surface area contributed by atoms with Crippen molar-refractivity contribution in [3.63, 3.8) is 0 Å². The zero-order valence-electron chi connectivity index (χ0n) is 6.53. The molecular weight excluding hydrogens is 268 g/mol. The second-order valence-corrected chi connectivity index (χ2v) is 3.42. The second-order valence-electron chi connectivity index (χ2n) is 2.43. The second kappa shape index (κ2) is 3.68. The van der Waals surface area contributed by atoms with Crippen molar-refractivity contribution in [3.05, 3.63) is 35.4 Å². The molecule has 0 spiro atoms. The van der Waals surface area contributed by atoms with E-state index >= 15 is 0 Å². The Bertz CT molecular complexity index is 372. The molecule has 6 heteroatoms. The molecule has 0 saturated carbocycles. The zero-order chi connectivity index (χ0) is 10.9. The first kappa shape index (κ1) is 11.2. The molecule has 0 heterocycles. The van der Waals surface area contributed by atoms with Crippen molar-refractivity contribution in [2.75, 3.05) is 0 Å². The Kier molecular flexibility index (Phi) is 2.94. The van der Waals surface area contributed by atoms with E-state index in [1.165, 1.54) is 0 Å². The molecule has 14 heavy (non-hydrogen) atoms. The lowest BCUT2D eigenvalue weighted by atomic mass is 10.1. The summed E-state index contributed by atoms with van der Waals surface area (Å²) in [6.07, 6.45) is 0. The average molecular weight is 271 g/mol. The van der Waals surface area contributed by atoms with Crippen LogP contribution in [0.25, 0.3) is 0 Å². The van der Waals surface area contributed by atoms with Crippen molar-refractivity contribution in [1.29, 1.82) is 0 Å². The molecule has 0 amide bonds. The predicted molar refractivity (Wildman–Crippen MR) is 44.6 cm³/mol. The number of hydrogen-bond donors (Lipinski definition) is 0. The van der Waals surface area contributed by atoms with E-state index in [2.05, 4.69) is 0 Å². The van der Waals surface area contributed by atoms with Gasteiger partial charge in [-0.15, -0.1) is 0 Å². The van der Waals surface area contributed by atoms with E-state index in [0.717, 1.165) is 18.2 Å². The third-order valence-electron chi connectivity index (χ3n) is 1.45. The van der Waals surface area contributed by atoms with Crippen LogP contribution in [0.4, 0.5) is 17.6 Å². The van der Waals surface area contributed by atoms with E-state index in [9.17, 15) is 22.4 Å². The molecule has 0 aliphatic rings. The molecule has 0 saturated heterocycles. The number of rotatable bonds is 2. The molecule has 0 unspecified atom stereocenters. The molecule has 1 aromatic carbocycles. The predicted octanol–water partition coefficient (Wildman–Crippen LogP) is 3.14. The average Bonchev–Trinajstić information content (AvgIpc) is 2.07. The van der Waals surface area contributed by atoms with E-state index < -0.39 is 27.8 Å². The Morgan fingerprint density at radius 2 is 1.86 bits per heavy atom. The van der Waals surface area contributed by atoms with Gasteiger partial charge in [0.1, 0.15) is 0 Å². The lowest BCUT2D eigenvalue weighted by Crippen LogP contribution is -2.22. The Labute approximate surface area is 84.9 Å². The van der Waals surface area contributed by atoms with Crippen molar-refractivity contribution in [2.24, 2.45) is 0 Å². The Hall–Kier alpha value is -0.910. The highest BCUT2D eigenvalue weighted by Gasteiger charge is 2.37. The molecule has 1 nitrogen and oxygen atoms in total. The first-order valence-corrected chi connectivity index (χ1v) is 4.19. The first-order valence-electron chi connectivity index (χ1n) is 3.39. The quantitative estimate of drug-likeness (QED) is 0.459. The fourth-order valence-corrected chi connectivity index (χ4v) is 1.05.